The first-order valence-corrected chi connectivity index (χ1v) is 9.33. The largest absolute Gasteiger partial charge is 0.497 e. The van der Waals surface area contributed by atoms with Crippen LogP contribution >= 0.6 is 12.4 Å². The molecule has 0 unspecified atom stereocenters. The first kappa shape index (κ1) is 21.1. The molecule has 0 spiro atoms. The van der Waals surface area contributed by atoms with Crippen molar-refractivity contribution >= 4 is 35.6 Å². The second-order valence-electron chi connectivity index (χ2n) is 6.80. The summed E-state index contributed by atoms with van der Waals surface area (Å²) in [5.41, 5.74) is 1.92. The lowest BCUT2D eigenvalue weighted by Crippen LogP contribution is -2.52. The zero-order valence-corrected chi connectivity index (χ0v) is 17.1. The number of carbonyl (C=O) groups excluding carboxylic acids is 2. The second kappa shape index (κ2) is 9.26. The molecular weight excluding hydrogens is 394 g/mol. The molecular formula is C21H24ClN3O4. The fourth-order valence-electron chi connectivity index (χ4n) is 3.53. The molecule has 1 saturated heterocycles. The topological polar surface area (TPSA) is 62.3 Å². The van der Waals surface area contributed by atoms with Crippen LogP contribution in [0.3, 0.4) is 0 Å². The molecule has 154 valence electrons. The number of amides is 2. The van der Waals surface area contributed by atoms with Crippen molar-refractivity contribution in [1.82, 2.24) is 4.90 Å². The summed E-state index contributed by atoms with van der Waals surface area (Å²) >= 11 is 0. The molecule has 0 atom stereocenters. The summed E-state index contributed by atoms with van der Waals surface area (Å²) in [6.45, 7) is 3.25. The number of nitrogens with zero attached hydrogens (tertiary/aromatic N) is 3. The van der Waals surface area contributed by atoms with E-state index < -0.39 is 0 Å². The van der Waals surface area contributed by atoms with Gasteiger partial charge in [-0.1, -0.05) is 12.1 Å². The molecule has 2 aliphatic heterocycles. The van der Waals surface area contributed by atoms with Crippen LogP contribution in [0.1, 0.15) is 10.4 Å². The van der Waals surface area contributed by atoms with Gasteiger partial charge in [0.05, 0.1) is 38.1 Å². The van der Waals surface area contributed by atoms with Crippen molar-refractivity contribution in [2.24, 2.45) is 0 Å². The first-order chi connectivity index (χ1) is 13.7. The van der Waals surface area contributed by atoms with Crippen LogP contribution in [0.15, 0.2) is 48.5 Å². The number of para-hydroxylation sites is 1. The Morgan fingerprint density at radius 3 is 2.45 bits per heavy atom. The third-order valence-corrected chi connectivity index (χ3v) is 5.10. The normalized spacial score (nSPS) is 16.8. The van der Waals surface area contributed by atoms with Crippen molar-refractivity contribution in [3.8, 4) is 5.75 Å². The van der Waals surface area contributed by atoms with Gasteiger partial charge in [-0.25, -0.2) is 0 Å². The molecule has 1 fully saturated rings. The number of halogens is 1. The summed E-state index contributed by atoms with van der Waals surface area (Å²) in [6.07, 6.45) is 0. The molecule has 29 heavy (non-hydrogen) atoms. The lowest BCUT2D eigenvalue weighted by atomic mass is 10.1. The van der Waals surface area contributed by atoms with Gasteiger partial charge in [0.2, 0.25) is 5.91 Å². The van der Waals surface area contributed by atoms with Crippen LogP contribution in [0.25, 0.3) is 0 Å². The summed E-state index contributed by atoms with van der Waals surface area (Å²) in [6, 6.07) is 14.5. The molecule has 2 aromatic rings. The molecule has 4 rings (SSSR count). The summed E-state index contributed by atoms with van der Waals surface area (Å²) in [7, 11) is 1.60. The monoisotopic (exact) mass is 417 g/mol. The van der Waals surface area contributed by atoms with Crippen molar-refractivity contribution in [3.05, 3.63) is 54.1 Å². The number of methoxy groups -OCH3 is 1. The van der Waals surface area contributed by atoms with Gasteiger partial charge in [-0.2, -0.15) is 0 Å². The smallest absolute Gasteiger partial charge is 0.261 e. The first-order valence-electron chi connectivity index (χ1n) is 9.33. The molecule has 0 aromatic heterocycles. The van der Waals surface area contributed by atoms with E-state index in [0.29, 0.717) is 36.8 Å². The number of fused-ring (bicyclic) bond motifs is 1. The van der Waals surface area contributed by atoms with Gasteiger partial charge in [-0.3, -0.25) is 24.3 Å². The highest BCUT2D eigenvalue weighted by Gasteiger charge is 2.33. The summed E-state index contributed by atoms with van der Waals surface area (Å²) in [4.78, 5) is 31.6. The van der Waals surface area contributed by atoms with Crippen LogP contribution in [-0.2, 0) is 9.53 Å². The highest BCUT2D eigenvalue weighted by atomic mass is 35.5. The van der Waals surface area contributed by atoms with E-state index >= 15 is 0 Å². The van der Waals surface area contributed by atoms with E-state index in [-0.39, 0.29) is 30.9 Å². The Morgan fingerprint density at radius 1 is 1.07 bits per heavy atom. The minimum absolute atomic E-state index is 0. The standard InChI is InChI=1S/C21H23N3O4.ClH/c1-27-17-8-6-16(7-9-17)23-15-24(19-5-3-2-4-18(19)21(23)26)20(25)14-22-10-12-28-13-11-22;/h2-9H,10-15H2,1H3;1H. The highest BCUT2D eigenvalue weighted by molar-refractivity contribution is 6.15. The Morgan fingerprint density at radius 2 is 1.76 bits per heavy atom. The average Bonchev–Trinajstić information content (AvgIpc) is 2.75. The highest BCUT2D eigenvalue weighted by Crippen LogP contribution is 2.31. The molecule has 0 N–H and O–H groups in total. The Balaban J connectivity index is 0.00000240. The van der Waals surface area contributed by atoms with Crippen molar-refractivity contribution in [1.29, 1.82) is 0 Å². The summed E-state index contributed by atoms with van der Waals surface area (Å²) in [5, 5.41) is 0. The Kier molecular flexibility index (Phi) is 6.74. The number of benzene rings is 2. The van der Waals surface area contributed by atoms with Crippen LogP contribution in [0.2, 0.25) is 0 Å². The molecule has 7 nitrogen and oxygen atoms in total. The van der Waals surface area contributed by atoms with Gasteiger partial charge in [0.15, 0.2) is 0 Å². The van der Waals surface area contributed by atoms with Gasteiger partial charge < -0.3 is 9.47 Å². The van der Waals surface area contributed by atoms with Crippen molar-refractivity contribution in [2.45, 2.75) is 0 Å². The predicted octanol–water partition coefficient (Wildman–Crippen LogP) is 2.40. The number of morpholine rings is 1. The number of anilines is 2. The average molecular weight is 418 g/mol. The Bertz CT molecular complexity index is 868. The maximum Gasteiger partial charge on any atom is 0.261 e. The maximum absolute atomic E-state index is 13.1. The lowest BCUT2D eigenvalue weighted by Gasteiger charge is -2.38. The summed E-state index contributed by atoms with van der Waals surface area (Å²) in [5.74, 6) is 0.574. The Labute approximate surface area is 176 Å². The molecule has 0 bridgehead atoms. The molecule has 0 saturated carbocycles. The lowest BCUT2D eigenvalue weighted by molar-refractivity contribution is -0.120. The van der Waals surface area contributed by atoms with Crippen molar-refractivity contribution < 1.29 is 19.1 Å². The summed E-state index contributed by atoms with van der Waals surface area (Å²) < 4.78 is 10.6. The van der Waals surface area contributed by atoms with E-state index in [1.807, 2.05) is 42.5 Å². The van der Waals surface area contributed by atoms with Gasteiger partial charge in [-0.15, -0.1) is 12.4 Å². The number of rotatable bonds is 4. The van der Waals surface area contributed by atoms with Crippen LogP contribution in [0, 0.1) is 0 Å². The zero-order chi connectivity index (χ0) is 19.5. The molecule has 8 heteroatoms. The fraction of sp³-hybridized carbons (Fsp3) is 0.333. The van der Waals surface area contributed by atoms with Gasteiger partial charge in [0, 0.05) is 18.8 Å². The van der Waals surface area contributed by atoms with E-state index in [1.54, 1.807) is 23.0 Å². The molecule has 2 heterocycles. The zero-order valence-electron chi connectivity index (χ0n) is 16.2. The van der Waals surface area contributed by atoms with E-state index in [9.17, 15) is 9.59 Å². The van der Waals surface area contributed by atoms with Crippen LogP contribution in [0.4, 0.5) is 11.4 Å². The minimum atomic E-state index is -0.115. The molecule has 0 radical (unpaired) electrons. The fourth-order valence-corrected chi connectivity index (χ4v) is 3.53. The molecule has 0 aliphatic carbocycles. The van der Waals surface area contributed by atoms with E-state index in [1.165, 1.54) is 0 Å². The third-order valence-electron chi connectivity index (χ3n) is 5.10. The van der Waals surface area contributed by atoms with Gasteiger partial charge >= 0.3 is 0 Å². The third kappa shape index (κ3) is 4.37. The quantitative estimate of drug-likeness (QED) is 0.764. The number of hydrogen-bond donors (Lipinski definition) is 0. The van der Waals surface area contributed by atoms with Crippen LogP contribution < -0.4 is 14.5 Å². The second-order valence-corrected chi connectivity index (χ2v) is 6.80. The van der Waals surface area contributed by atoms with E-state index in [0.717, 1.165) is 18.8 Å². The molecule has 2 amide bonds. The Hall–Kier alpha value is -2.61. The van der Waals surface area contributed by atoms with Gasteiger partial charge in [0.1, 0.15) is 12.4 Å². The van der Waals surface area contributed by atoms with Gasteiger partial charge in [-0.05, 0) is 36.4 Å². The number of hydrogen-bond acceptors (Lipinski definition) is 5. The minimum Gasteiger partial charge on any atom is -0.497 e. The molecule has 2 aliphatic rings. The predicted molar refractivity (Wildman–Crippen MR) is 113 cm³/mol. The van der Waals surface area contributed by atoms with E-state index in [4.69, 9.17) is 9.47 Å². The SMILES string of the molecule is COc1ccc(N2CN(C(=O)CN3CCOCC3)c3ccccc3C2=O)cc1.Cl. The van der Waals surface area contributed by atoms with Crippen LogP contribution in [-0.4, -0.2) is 63.3 Å². The number of ether oxygens (including phenoxy) is 2. The maximum atomic E-state index is 13.1. The van der Waals surface area contributed by atoms with Crippen LogP contribution in [0.5, 0.6) is 5.75 Å². The van der Waals surface area contributed by atoms with E-state index in [2.05, 4.69) is 4.90 Å². The molecule has 2 aromatic carbocycles. The number of carbonyl (C=O) groups is 2. The van der Waals surface area contributed by atoms with Crippen molar-refractivity contribution in [3.63, 3.8) is 0 Å². The van der Waals surface area contributed by atoms with Crippen molar-refractivity contribution in [2.75, 3.05) is 56.4 Å². The van der Waals surface area contributed by atoms with Gasteiger partial charge in [0.25, 0.3) is 5.91 Å².